The molecule has 0 aliphatic carbocycles. The SMILES string of the molecule is O=C([C@H]1COc2ccccc2C1)N1CCN(S(=O)(=O)c2ccccc2)CC1. The van der Waals surface area contributed by atoms with Crippen LogP contribution in [0.5, 0.6) is 5.75 Å². The third-order valence-corrected chi connectivity index (χ3v) is 7.07. The summed E-state index contributed by atoms with van der Waals surface area (Å²) >= 11 is 0. The zero-order valence-electron chi connectivity index (χ0n) is 15.0. The van der Waals surface area contributed by atoms with Gasteiger partial charge in [0.05, 0.1) is 10.8 Å². The molecule has 0 radical (unpaired) electrons. The lowest BCUT2D eigenvalue weighted by molar-refractivity contribution is -0.138. The van der Waals surface area contributed by atoms with Gasteiger partial charge in [0, 0.05) is 26.2 Å². The van der Waals surface area contributed by atoms with Gasteiger partial charge in [-0.25, -0.2) is 8.42 Å². The van der Waals surface area contributed by atoms with Crippen LogP contribution in [-0.4, -0.2) is 56.3 Å². The number of carbonyl (C=O) groups is 1. The highest BCUT2D eigenvalue weighted by atomic mass is 32.2. The van der Waals surface area contributed by atoms with Gasteiger partial charge in [0.15, 0.2) is 0 Å². The molecule has 0 saturated carbocycles. The Morgan fingerprint density at radius 1 is 0.926 bits per heavy atom. The zero-order valence-corrected chi connectivity index (χ0v) is 15.8. The first-order valence-electron chi connectivity index (χ1n) is 9.10. The Morgan fingerprint density at radius 2 is 1.59 bits per heavy atom. The molecule has 1 atom stereocenters. The Balaban J connectivity index is 1.39. The van der Waals surface area contributed by atoms with Crippen molar-refractivity contribution in [3.05, 3.63) is 60.2 Å². The lowest BCUT2D eigenvalue weighted by Crippen LogP contribution is -2.52. The molecule has 0 aromatic heterocycles. The van der Waals surface area contributed by atoms with E-state index >= 15 is 0 Å². The van der Waals surface area contributed by atoms with E-state index in [1.165, 1.54) is 4.31 Å². The van der Waals surface area contributed by atoms with Crippen molar-refractivity contribution < 1.29 is 17.9 Å². The number of hydrogen-bond acceptors (Lipinski definition) is 4. The summed E-state index contributed by atoms with van der Waals surface area (Å²) in [5.41, 5.74) is 1.05. The monoisotopic (exact) mass is 386 g/mol. The maximum Gasteiger partial charge on any atom is 0.243 e. The molecule has 0 spiro atoms. The smallest absolute Gasteiger partial charge is 0.243 e. The zero-order chi connectivity index (χ0) is 18.9. The van der Waals surface area contributed by atoms with Crippen molar-refractivity contribution in [2.45, 2.75) is 11.3 Å². The largest absolute Gasteiger partial charge is 0.492 e. The summed E-state index contributed by atoms with van der Waals surface area (Å²) < 4.78 is 32.6. The van der Waals surface area contributed by atoms with E-state index in [0.29, 0.717) is 44.1 Å². The molecule has 0 N–H and O–H groups in total. The molecule has 1 fully saturated rings. The van der Waals surface area contributed by atoms with E-state index in [1.54, 1.807) is 35.2 Å². The fourth-order valence-electron chi connectivity index (χ4n) is 3.64. The van der Waals surface area contributed by atoms with Crippen LogP contribution in [0.15, 0.2) is 59.5 Å². The molecule has 7 heteroatoms. The highest BCUT2D eigenvalue weighted by molar-refractivity contribution is 7.89. The number of benzene rings is 2. The number of piperazine rings is 1. The molecule has 2 aliphatic rings. The predicted octanol–water partition coefficient (Wildman–Crippen LogP) is 1.77. The van der Waals surface area contributed by atoms with Crippen molar-refractivity contribution >= 4 is 15.9 Å². The Labute approximate surface area is 159 Å². The van der Waals surface area contributed by atoms with Gasteiger partial charge in [-0.05, 0) is 30.2 Å². The summed E-state index contributed by atoms with van der Waals surface area (Å²) in [6.07, 6.45) is 0.664. The van der Waals surface area contributed by atoms with E-state index in [9.17, 15) is 13.2 Å². The van der Waals surface area contributed by atoms with Gasteiger partial charge in [0.1, 0.15) is 12.4 Å². The van der Waals surface area contributed by atoms with E-state index in [4.69, 9.17) is 4.74 Å². The van der Waals surface area contributed by atoms with Crippen molar-refractivity contribution in [1.29, 1.82) is 0 Å². The van der Waals surface area contributed by atoms with E-state index in [2.05, 4.69) is 0 Å². The molecular weight excluding hydrogens is 364 g/mol. The van der Waals surface area contributed by atoms with Crippen molar-refractivity contribution in [3.63, 3.8) is 0 Å². The molecule has 2 aromatic carbocycles. The third-order valence-electron chi connectivity index (χ3n) is 5.16. The molecule has 2 heterocycles. The minimum Gasteiger partial charge on any atom is -0.492 e. The summed E-state index contributed by atoms with van der Waals surface area (Å²) in [4.78, 5) is 14.9. The predicted molar refractivity (Wildman–Crippen MR) is 101 cm³/mol. The van der Waals surface area contributed by atoms with Crippen LogP contribution in [0.4, 0.5) is 0 Å². The quantitative estimate of drug-likeness (QED) is 0.806. The molecule has 2 aliphatic heterocycles. The second-order valence-electron chi connectivity index (χ2n) is 6.86. The van der Waals surface area contributed by atoms with E-state index in [-0.39, 0.29) is 11.8 Å². The van der Waals surface area contributed by atoms with Crippen LogP contribution in [0.2, 0.25) is 0 Å². The standard InChI is InChI=1S/C20H22N2O4S/c23-20(17-14-16-6-4-5-9-19(16)26-15-17)21-10-12-22(13-11-21)27(24,25)18-7-2-1-3-8-18/h1-9,17H,10-15H2/t17-/m1/s1. The molecule has 4 rings (SSSR count). The first-order chi connectivity index (χ1) is 13.1. The number of amides is 1. The van der Waals surface area contributed by atoms with Crippen molar-refractivity contribution in [2.75, 3.05) is 32.8 Å². The highest BCUT2D eigenvalue weighted by Crippen LogP contribution is 2.28. The average molecular weight is 386 g/mol. The van der Waals surface area contributed by atoms with Gasteiger partial charge in [-0.1, -0.05) is 36.4 Å². The number of para-hydroxylation sites is 1. The number of carbonyl (C=O) groups excluding carboxylic acids is 1. The van der Waals surface area contributed by atoms with Gasteiger partial charge in [0.25, 0.3) is 0 Å². The van der Waals surface area contributed by atoms with Crippen molar-refractivity contribution in [1.82, 2.24) is 9.21 Å². The van der Waals surface area contributed by atoms with Gasteiger partial charge in [0.2, 0.25) is 15.9 Å². The molecule has 6 nitrogen and oxygen atoms in total. The molecule has 0 unspecified atom stereocenters. The maximum atomic E-state index is 12.9. The van der Waals surface area contributed by atoms with E-state index in [0.717, 1.165) is 11.3 Å². The molecule has 142 valence electrons. The fraction of sp³-hybridized carbons (Fsp3) is 0.350. The summed E-state index contributed by atoms with van der Waals surface area (Å²) in [6, 6.07) is 16.2. The molecule has 27 heavy (non-hydrogen) atoms. The second kappa shape index (κ2) is 7.32. The van der Waals surface area contributed by atoms with Gasteiger partial charge in [-0.2, -0.15) is 4.31 Å². The topological polar surface area (TPSA) is 66.9 Å². The van der Waals surface area contributed by atoms with Gasteiger partial charge >= 0.3 is 0 Å². The Morgan fingerprint density at radius 3 is 2.33 bits per heavy atom. The lowest BCUT2D eigenvalue weighted by atomic mass is 9.95. The Bertz CT molecular complexity index is 922. The number of ether oxygens (including phenoxy) is 1. The Hall–Kier alpha value is -2.38. The molecule has 1 saturated heterocycles. The average Bonchev–Trinajstić information content (AvgIpc) is 2.73. The summed E-state index contributed by atoms with van der Waals surface area (Å²) in [5.74, 6) is 0.679. The molecular formula is C20H22N2O4S. The third kappa shape index (κ3) is 3.57. The highest BCUT2D eigenvalue weighted by Gasteiger charge is 2.34. The second-order valence-corrected chi connectivity index (χ2v) is 8.80. The van der Waals surface area contributed by atoms with Crippen LogP contribution >= 0.6 is 0 Å². The number of hydrogen-bond donors (Lipinski definition) is 0. The van der Waals surface area contributed by atoms with Crippen molar-refractivity contribution in [2.24, 2.45) is 5.92 Å². The van der Waals surface area contributed by atoms with Crippen molar-refractivity contribution in [3.8, 4) is 5.75 Å². The van der Waals surface area contributed by atoms with Crippen LogP contribution in [0.25, 0.3) is 0 Å². The molecule has 0 bridgehead atoms. The Kier molecular flexibility index (Phi) is 4.88. The van der Waals surface area contributed by atoms with Gasteiger partial charge in [-0.3, -0.25) is 4.79 Å². The van der Waals surface area contributed by atoms with E-state index < -0.39 is 10.0 Å². The fourth-order valence-corrected chi connectivity index (χ4v) is 5.08. The van der Waals surface area contributed by atoms with Gasteiger partial charge < -0.3 is 9.64 Å². The van der Waals surface area contributed by atoms with Crippen LogP contribution in [-0.2, 0) is 21.2 Å². The first-order valence-corrected chi connectivity index (χ1v) is 10.5. The van der Waals surface area contributed by atoms with Crippen LogP contribution in [0.3, 0.4) is 0 Å². The number of fused-ring (bicyclic) bond motifs is 1. The molecule has 2 aromatic rings. The van der Waals surface area contributed by atoms with Crippen LogP contribution in [0, 0.1) is 5.92 Å². The number of sulfonamides is 1. The number of nitrogens with zero attached hydrogens (tertiary/aromatic N) is 2. The summed E-state index contributed by atoms with van der Waals surface area (Å²) in [7, 11) is -3.51. The molecule has 1 amide bonds. The summed E-state index contributed by atoms with van der Waals surface area (Å²) in [5, 5.41) is 0. The lowest BCUT2D eigenvalue weighted by Gasteiger charge is -2.36. The maximum absolute atomic E-state index is 12.9. The summed E-state index contributed by atoms with van der Waals surface area (Å²) in [6.45, 7) is 1.81. The van der Waals surface area contributed by atoms with E-state index in [1.807, 2.05) is 24.3 Å². The van der Waals surface area contributed by atoms with Crippen LogP contribution < -0.4 is 4.74 Å². The van der Waals surface area contributed by atoms with Crippen LogP contribution in [0.1, 0.15) is 5.56 Å². The minimum absolute atomic E-state index is 0.0428. The minimum atomic E-state index is -3.51. The first kappa shape index (κ1) is 18.0. The van der Waals surface area contributed by atoms with Gasteiger partial charge in [-0.15, -0.1) is 0 Å². The number of rotatable bonds is 3. The normalized spacial score (nSPS) is 20.6.